The molecule has 0 unspecified atom stereocenters. The number of imidazole rings is 1. The van der Waals surface area contributed by atoms with E-state index in [4.69, 9.17) is 0 Å². The second-order valence-electron chi connectivity index (χ2n) is 14.9. The summed E-state index contributed by atoms with van der Waals surface area (Å²) in [7, 11) is 2.20. The minimum atomic E-state index is 0.308. The van der Waals surface area contributed by atoms with Crippen LogP contribution in [0.25, 0.3) is 50.4 Å². The molecule has 0 bridgehead atoms. The van der Waals surface area contributed by atoms with Gasteiger partial charge in [-0.2, -0.15) is 4.57 Å². The number of phenolic OH excluding ortho intramolecular Hbond substituents is 1. The first-order valence-electron chi connectivity index (χ1n) is 18.3. The normalized spacial score (nSPS) is 14.0. The fourth-order valence-electron chi connectivity index (χ4n) is 8.41. The van der Waals surface area contributed by atoms with Crippen LogP contribution in [-0.2, 0) is 7.05 Å². The first kappa shape index (κ1) is 32.9. The molecule has 3 nitrogen and oxygen atoms in total. The zero-order valence-electron chi connectivity index (χ0n) is 30.3. The van der Waals surface area contributed by atoms with Crippen molar-refractivity contribution in [2.24, 2.45) is 7.05 Å². The SMILES string of the molecule is Cc1ccc(-c2cc(-c3cccc(C4CCCCC4)c3)ccc2O)c(C)c1-c1n(-c2c(C(C)C)cccc2C(C)C)c2ccccc2[n+]1C. The highest BCUT2D eigenvalue weighted by Crippen LogP contribution is 2.43. The molecule has 1 fully saturated rings. The molecule has 1 aliphatic carbocycles. The average molecular weight is 648 g/mol. The van der Waals surface area contributed by atoms with E-state index in [1.165, 1.54) is 82.2 Å². The summed E-state index contributed by atoms with van der Waals surface area (Å²) in [5.74, 6) is 2.83. The number of phenols is 1. The Morgan fingerprint density at radius 2 is 1.37 bits per heavy atom. The van der Waals surface area contributed by atoms with E-state index >= 15 is 0 Å². The van der Waals surface area contributed by atoms with Crippen molar-refractivity contribution in [3.05, 3.63) is 125 Å². The number of hydrogen-bond donors (Lipinski definition) is 1. The third-order valence-corrected chi connectivity index (χ3v) is 11.1. The number of nitrogens with zero attached hydrogens (tertiary/aromatic N) is 2. The summed E-state index contributed by atoms with van der Waals surface area (Å²) in [6.45, 7) is 13.6. The fourth-order valence-corrected chi connectivity index (χ4v) is 8.41. The molecule has 7 rings (SSSR count). The van der Waals surface area contributed by atoms with Crippen molar-refractivity contribution in [2.45, 2.75) is 91.4 Å². The molecule has 1 N–H and O–H groups in total. The second-order valence-corrected chi connectivity index (χ2v) is 14.9. The van der Waals surface area contributed by atoms with Crippen molar-refractivity contribution < 1.29 is 9.67 Å². The Bertz CT molecular complexity index is 2130. The highest BCUT2D eigenvalue weighted by atomic mass is 16.3. The van der Waals surface area contributed by atoms with Crippen LogP contribution in [-0.4, -0.2) is 9.67 Å². The summed E-state index contributed by atoms with van der Waals surface area (Å²) in [5, 5.41) is 11.4. The van der Waals surface area contributed by atoms with Gasteiger partial charge in [0.1, 0.15) is 11.4 Å². The van der Waals surface area contributed by atoms with Crippen LogP contribution in [0.4, 0.5) is 0 Å². The molecule has 5 aromatic carbocycles. The van der Waals surface area contributed by atoms with Gasteiger partial charge in [-0.25, -0.2) is 4.57 Å². The Kier molecular flexibility index (Phi) is 8.96. The predicted octanol–water partition coefficient (Wildman–Crippen LogP) is 12.1. The Labute approximate surface area is 292 Å². The Morgan fingerprint density at radius 1 is 0.694 bits per heavy atom. The molecule has 0 amide bonds. The maximum absolute atomic E-state index is 11.4. The summed E-state index contributed by atoms with van der Waals surface area (Å²) >= 11 is 0. The molecule has 6 aromatic rings. The predicted molar refractivity (Wildman–Crippen MR) is 206 cm³/mol. The van der Waals surface area contributed by atoms with E-state index in [2.05, 4.69) is 149 Å². The van der Waals surface area contributed by atoms with Gasteiger partial charge in [0, 0.05) is 16.7 Å². The second kappa shape index (κ2) is 13.3. The molecule has 0 aliphatic heterocycles. The largest absolute Gasteiger partial charge is 0.507 e. The maximum Gasteiger partial charge on any atom is 0.295 e. The zero-order valence-corrected chi connectivity index (χ0v) is 30.3. The molecule has 1 saturated carbocycles. The van der Waals surface area contributed by atoms with E-state index in [9.17, 15) is 5.11 Å². The zero-order chi connectivity index (χ0) is 34.4. The summed E-state index contributed by atoms with van der Waals surface area (Å²) in [4.78, 5) is 0. The number of aromatic nitrogens is 2. The van der Waals surface area contributed by atoms with E-state index in [1.54, 1.807) is 0 Å². The van der Waals surface area contributed by atoms with Crippen molar-refractivity contribution in [3.63, 3.8) is 0 Å². The van der Waals surface area contributed by atoms with Gasteiger partial charge in [0.05, 0.1) is 12.6 Å². The van der Waals surface area contributed by atoms with Crippen molar-refractivity contribution >= 4 is 11.0 Å². The van der Waals surface area contributed by atoms with E-state index in [1.807, 2.05) is 6.07 Å². The third kappa shape index (κ3) is 5.88. The Hall–Kier alpha value is -4.63. The van der Waals surface area contributed by atoms with Crippen LogP contribution in [0.1, 0.15) is 105 Å². The molecule has 0 saturated heterocycles. The van der Waals surface area contributed by atoms with E-state index < -0.39 is 0 Å². The summed E-state index contributed by atoms with van der Waals surface area (Å²) in [6, 6.07) is 35.3. The number of fused-ring (bicyclic) bond motifs is 1. The average Bonchev–Trinajstić information content (AvgIpc) is 3.40. The molecule has 250 valence electrons. The lowest BCUT2D eigenvalue weighted by Crippen LogP contribution is -2.31. The monoisotopic (exact) mass is 647 g/mol. The molecule has 3 heteroatoms. The minimum absolute atomic E-state index is 0.308. The van der Waals surface area contributed by atoms with Crippen LogP contribution in [0.2, 0.25) is 0 Å². The van der Waals surface area contributed by atoms with Crippen LogP contribution < -0.4 is 4.57 Å². The van der Waals surface area contributed by atoms with Gasteiger partial charge in [0.25, 0.3) is 5.82 Å². The quantitative estimate of drug-likeness (QED) is 0.172. The lowest BCUT2D eigenvalue weighted by molar-refractivity contribution is -0.633. The first-order chi connectivity index (χ1) is 23.7. The molecule has 49 heavy (non-hydrogen) atoms. The lowest BCUT2D eigenvalue weighted by atomic mass is 9.83. The molecule has 0 spiro atoms. The Balaban J connectivity index is 1.44. The maximum atomic E-state index is 11.4. The molecule has 1 aliphatic rings. The van der Waals surface area contributed by atoms with E-state index in [0.29, 0.717) is 23.5 Å². The number of para-hydroxylation sites is 3. The number of hydrogen-bond acceptors (Lipinski definition) is 1. The van der Waals surface area contributed by atoms with Crippen LogP contribution in [0.5, 0.6) is 5.75 Å². The summed E-state index contributed by atoms with van der Waals surface area (Å²) in [6.07, 6.45) is 6.57. The van der Waals surface area contributed by atoms with Crippen molar-refractivity contribution in [1.29, 1.82) is 0 Å². The van der Waals surface area contributed by atoms with Crippen molar-refractivity contribution in [3.8, 4) is 45.1 Å². The van der Waals surface area contributed by atoms with Gasteiger partial charge >= 0.3 is 0 Å². The molecular weight excluding hydrogens is 597 g/mol. The summed E-state index contributed by atoms with van der Waals surface area (Å²) in [5.41, 5.74) is 15.7. The van der Waals surface area contributed by atoms with Gasteiger partial charge in [-0.05, 0) is 102 Å². The molecule has 0 radical (unpaired) electrons. The van der Waals surface area contributed by atoms with Gasteiger partial charge in [0.15, 0.2) is 11.0 Å². The van der Waals surface area contributed by atoms with Crippen LogP contribution >= 0.6 is 0 Å². The highest BCUT2D eigenvalue weighted by molar-refractivity contribution is 5.86. The van der Waals surface area contributed by atoms with Gasteiger partial charge in [-0.1, -0.05) is 120 Å². The smallest absolute Gasteiger partial charge is 0.295 e. The van der Waals surface area contributed by atoms with Crippen molar-refractivity contribution in [2.75, 3.05) is 0 Å². The van der Waals surface area contributed by atoms with Gasteiger partial charge in [-0.15, -0.1) is 0 Å². The minimum Gasteiger partial charge on any atom is -0.507 e. The van der Waals surface area contributed by atoms with E-state index in [0.717, 1.165) is 28.1 Å². The molecular formula is C46H51N2O+. The van der Waals surface area contributed by atoms with Gasteiger partial charge in [0.2, 0.25) is 0 Å². The molecule has 0 atom stereocenters. The number of aryl methyl sites for hydroxylation is 2. The first-order valence-corrected chi connectivity index (χ1v) is 18.3. The summed E-state index contributed by atoms with van der Waals surface area (Å²) < 4.78 is 4.88. The topological polar surface area (TPSA) is 29.0 Å². The molecule has 1 aromatic heterocycles. The fraction of sp³-hybridized carbons (Fsp3) is 0.326. The number of benzene rings is 5. The van der Waals surface area contributed by atoms with Crippen LogP contribution in [0.3, 0.4) is 0 Å². The lowest BCUT2D eigenvalue weighted by Gasteiger charge is -2.22. The third-order valence-electron chi connectivity index (χ3n) is 11.1. The Morgan fingerprint density at radius 3 is 2.08 bits per heavy atom. The molecule has 1 heterocycles. The van der Waals surface area contributed by atoms with Gasteiger partial charge < -0.3 is 5.11 Å². The van der Waals surface area contributed by atoms with E-state index in [-0.39, 0.29) is 0 Å². The van der Waals surface area contributed by atoms with Crippen LogP contribution in [0.15, 0.2) is 97.1 Å². The number of rotatable bonds is 7. The highest BCUT2D eigenvalue weighted by Gasteiger charge is 2.32. The standard InChI is InChI=1S/C46H50N2O/c1-29(2)37-19-14-20-38(30(3)4)45(37)48-42-22-12-11-21-41(42)47(7)46(48)44-31(5)23-25-39(32(44)6)40-28-36(24-26-43(40)49)35-18-13-17-34(27-35)33-15-9-8-10-16-33/h11-14,17-30,33H,8-10,15-16H2,1-7H3/p+1. The van der Waals surface area contributed by atoms with Gasteiger partial charge in [-0.3, -0.25) is 0 Å². The van der Waals surface area contributed by atoms with Crippen molar-refractivity contribution in [1.82, 2.24) is 4.57 Å². The van der Waals surface area contributed by atoms with Crippen LogP contribution in [0, 0.1) is 13.8 Å². The number of aromatic hydroxyl groups is 1.